The maximum absolute atomic E-state index is 13.6. The summed E-state index contributed by atoms with van der Waals surface area (Å²) in [7, 11) is 1.62. The average Bonchev–Trinajstić information content (AvgIpc) is 3.30. The van der Waals surface area contributed by atoms with Crippen LogP contribution in [0.15, 0.2) is 71.1 Å². The Bertz CT molecular complexity index is 1270. The maximum atomic E-state index is 13.6. The summed E-state index contributed by atoms with van der Waals surface area (Å²) in [5.41, 5.74) is 3.56. The molecule has 1 aromatic heterocycles. The van der Waals surface area contributed by atoms with Gasteiger partial charge in [-0.3, -0.25) is 4.79 Å². The molecule has 0 N–H and O–H groups in total. The van der Waals surface area contributed by atoms with Gasteiger partial charge in [0.25, 0.3) is 5.91 Å². The van der Waals surface area contributed by atoms with Gasteiger partial charge in [-0.25, -0.2) is 8.78 Å². The van der Waals surface area contributed by atoms with E-state index in [1.807, 2.05) is 31.2 Å². The van der Waals surface area contributed by atoms with Crippen LogP contribution >= 0.6 is 0 Å². The first-order valence-electron chi connectivity index (χ1n) is 10.1. The lowest BCUT2D eigenvalue weighted by atomic mass is 10.1. The van der Waals surface area contributed by atoms with E-state index in [9.17, 15) is 13.6 Å². The van der Waals surface area contributed by atoms with E-state index in [2.05, 4.69) is 10.2 Å². The van der Waals surface area contributed by atoms with Gasteiger partial charge in [-0.15, -0.1) is 10.2 Å². The lowest BCUT2D eigenvalue weighted by Crippen LogP contribution is -2.29. The number of hydrogen-bond acceptors (Lipinski definition) is 4. The van der Waals surface area contributed by atoms with Gasteiger partial charge in [0.05, 0.1) is 6.04 Å². The summed E-state index contributed by atoms with van der Waals surface area (Å²) in [5.74, 6) is -1.34. The van der Waals surface area contributed by atoms with Crippen molar-refractivity contribution in [1.82, 2.24) is 15.1 Å². The highest BCUT2D eigenvalue weighted by Gasteiger charge is 2.20. The largest absolute Gasteiger partial charge is 0.416 e. The zero-order valence-electron chi connectivity index (χ0n) is 17.8. The lowest BCUT2D eigenvalue weighted by molar-refractivity contribution is 0.0742. The quantitative estimate of drug-likeness (QED) is 0.398. The van der Waals surface area contributed by atoms with Crippen LogP contribution in [0.2, 0.25) is 0 Å². The summed E-state index contributed by atoms with van der Waals surface area (Å²) in [5, 5.41) is 8.22. The summed E-state index contributed by atoms with van der Waals surface area (Å²) in [6.45, 7) is 3.74. The van der Waals surface area contributed by atoms with Crippen molar-refractivity contribution in [1.29, 1.82) is 0 Å². The molecule has 0 aliphatic carbocycles. The summed E-state index contributed by atoms with van der Waals surface area (Å²) >= 11 is 0. The van der Waals surface area contributed by atoms with Crippen molar-refractivity contribution >= 4 is 5.91 Å². The number of rotatable bonds is 5. The highest BCUT2D eigenvalue weighted by atomic mass is 19.2. The fourth-order valence-corrected chi connectivity index (χ4v) is 3.37. The Hall–Kier alpha value is -3.87. The third kappa shape index (κ3) is 4.27. The predicted molar refractivity (Wildman–Crippen MR) is 117 cm³/mol. The third-order valence-corrected chi connectivity index (χ3v) is 5.40. The van der Waals surface area contributed by atoms with Gasteiger partial charge in [-0.05, 0) is 67.9 Å². The Labute approximate surface area is 184 Å². The number of aryl methyl sites for hydroxylation is 1. The van der Waals surface area contributed by atoms with Crippen molar-refractivity contribution in [2.75, 3.05) is 7.05 Å². The summed E-state index contributed by atoms with van der Waals surface area (Å²) < 4.78 is 32.6. The topological polar surface area (TPSA) is 59.2 Å². The Morgan fingerprint density at radius 1 is 0.906 bits per heavy atom. The molecule has 0 aliphatic heterocycles. The molecular weight excluding hydrogens is 412 g/mol. The molecule has 32 heavy (non-hydrogen) atoms. The van der Waals surface area contributed by atoms with E-state index in [1.165, 1.54) is 11.0 Å². The zero-order chi connectivity index (χ0) is 22.8. The van der Waals surface area contributed by atoms with Gasteiger partial charge in [0.2, 0.25) is 11.8 Å². The molecule has 3 aromatic carbocycles. The summed E-state index contributed by atoms with van der Waals surface area (Å²) in [6, 6.07) is 17.8. The molecule has 0 saturated carbocycles. The molecule has 1 unspecified atom stereocenters. The molecule has 4 rings (SSSR count). The zero-order valence-corrected chi connectivity index (χ0v) is 17.8. The number of benzene rings is 3. The second-order valence-corrected chi connectivity index (χ2v) is 7.62. The Morgan fingerprint density at radius 3 is 2.25 bits per heavy atom. The molecule has 5 nitrogen and oxygen atoms in total. The molecular formula is C25H21F2N3O2. The van der Waals surface area contributed by atoms with Crippen LogP contribution in [-0.4, -0.2) is 28.1 Å². The maximum Gasteiger partial charge on any atom is 0.254 e. The van der Waals surface area contributed by atoms with Crippen LogP contribution in [0.4, 0.5) is 8.78 Å². The van der Waals surface area contributed by atoms with Crippen molar-refractivity contribution in [2.24, 2.45) is 0 Å². The first-order chi connectivity index (χ1) is 15.3. The molecule has 1 amide bonds. The number of carbonyl (C=O) groups excluding carboxylic acids is 1. The standard InChI is InChI=1S/C25H21F2N3O2/c1-15-5-4-6-20(13-15)24-29-28-23(32-24)17-7-9-18(10-8-17)25(31)30(3)16(2)19-11-12-21(26)22(27)14-19/h4-14,16H,1-3H3. The smallest absolute Gasteiger partial charge is 0.254 e. The van der Waals surface area contributed by atoms with E-state index in [0.29, 0.717) is 28.5 Å². The van der Waals surface area contributed by atoms with Crippen molar-refractivity contribution in [3.05, 3.63) is 95.1 Å². The minimum atomic E-state index is -0.941. The van der Waals surface area contributed by atoms with Crippen LogP contribution < -0.4 is 0 Å². The van der Waals surface area contributed by atoms with Crippen LogP contribution in [0.3, 0.4) is 0 Å². The Balaban J connectivity index is 1.50. The molecule has 4 aromatic rings. The van der Waals surface area contributed by atoms with Crippen LogP contribution in [0.5, 0.6) is 0 Å². The van der Waals surface area contributed by atoms with Crippen LogP contribution in [0.1, 0.15) is 34.5 Å². The monoisotopic (exact) mass is 433 g/mol. The summed E-state index contributed by atoms with van der Waals surface area (Å²) in [4.78, 5) is 14.4. The number of carbonyl (C=O) groups is 1. The predicted octanol–water partition coefficient (Wildman–Crippen LogP) is 5.82. The highest BCUT2D eigenvalue weighted by molar-refractivity contribution is 5.94. The number of nitrogens with zero attached hydrogens (tertiary/aromatic N) is 3. The molecule has 1 atom stereocenters. The number of halogens is 2. The van der Waals surface area contributed by atoms with Gasteiger partial charge in [-0.2, -0.15) is 0 Å². The van der Waals surface area contributed by atoms with Gasteiger partial charge in [0, 0.05) is 23.7 Å². The molecule has 0 bridgehead atoms. The highest BCUT2D eigenvalue weighted by Crippen LogP contribution is 2.26. The second-order valence-electron chi connectivity index (χ2n) is 7.62. The minimum Gasteiger partial charge on any atom is -0.416 e. The molecule has 162 valence electrons. The van der Waals surface area contributed by atoms with E-state index in [0.717, 1.165) is 23.3 Å². The van der Waals surface area contributed by atoms with Crippen molar-refractivity contribution in [2.45, 2.75) is 19.9 Å². The Kier molecular flexibility index (Phi) is 5.81. The van der Waals surface area contributed by atoms with Crippen LogP contribution in [0.25, 0.3) is 22.9 Å². The van der Waals surface area contributed by atoms with Crippen LogP contribution in [0, 0.1) is 18.6 Å². The van der Waals surface area contributed by atoms with Crippen LogP contribution in [-0.2, 0) is 0 Å². The Morgan fingerprint density at radius 2 is 1.59 bits per heavy atom. The SMILES string of the molecule is Cc1cccc(-c2nnc(-c3ccc(C(=O)N(C)C(C)c4ccc(F)c(F)c4)cc3)o2)c1. The fraction of sp³-hybridized carbons (Fsp3) is 0.160. The van der Waals surface area contributed by atoms with Crippen molar-refractivity contribution < 1.29 is 18.0 Å². The number of hydrogen-bond donors (Lipinski definition) is 0. The lowest BCUT2D eigenvalue weighted by Gasteiger charge is -2.25. The van der Waals surface area contributed by atoms with Crippen molar-refractivity contribution in [3.8, 4) is 22.9 Å². The first kappa shape index (κ1) is 21.4. The molecule has 0 aliphatic rings. The third-order valence-electron chi connectivity index (χ3n) is 5.40. The number of amides is 1. The van der Waals surface area contributed by atoms with E-state index in [1.54, 1.807) is 38.2 Å². The average molecular weight is 433 g/mol. The van der Waals surface area contributed by atoms with Gasteiger partial charge in [0.1, 0.15) is 0 Å². The normalized spacial score (nSPS) is 11.9. The van der Waals surface area contributed by atoms with E-state index in [-0.39, 0.29) is 5.91 Å². The molecule has 0 fully saturated rings. The van der Waals surface area contributed by atoms with E-state index in [4.69, 9.17) is 4.42 Å². The molecule has 1 heterocycles. The first-order valence-corrected chi connectivity index (χ1v) is 10.1. The van der Waals surface area contributed by atoms with E-state index >= 15 is 0 Å². The van der Waals surface area contributed by atoms with Gasteiger partial charge in [0.15, 0.2) is 11.6 Å². The van der Waals surface area contributed by atoms with Gasteiger partial charge in [-0.1, -0.05) is 23.8 Å². The fourth-order valence-electron chi connectivity index (χ4n) is 3.37. The van der Waals surface area contributed by atoms with E-state index < -0.39 is 17.7 Å². The molecule has 0 saturated heterocycles. The minimum absolute atomic E-state index is 0.250. The number of aromatic nitrogens is 2. The second kappa shape index (κ2) is 8.70. The van der Waals surface area contributed by atoms with Gasteiger partial charge < -0.3 is 9.32 Å². The van der Waals surface area contributed by atoms with Gasteiger partial charge >= 0.3 is 0 Å². The molecule has 0 radical (unpaired) electrons. The molecule has 0 spiro atoms. The van der Waals surface area contributed by atoms with Crippen molar-refractivity contribution in [3.63, 3.8) is 0 Å². The summed E-state index contributed by atoms with van der Waals surface area (Å²) in [6.07, 6.45) is 0. The molecule has 7 heteroatoms.